The SMILES string of the molecule is CCOC(=O)/C(=C\c1cnc[nH]1)NC(=O)c1ccccc1. The molecule has 0 bridgehead atoms. The van der Waals surface area contributed by atoms with E-state index in [1.54, 1.807) is 31.2 Å². The Morgan fingerprint density at radius 2 is 2.10 bits per heavy atom. The molecule has 0 spiro atoms. The van der Waals surface area contributed by atoms with Gasteiger partial charge in [0.2, 0.25) is 0 Å². The van der Waals surface area contributed by atoms with Crippen LogP contribution in [0.25, 0.3) is 6.08 Å². The van der Waals surface area contributed by atoms with Crippen LogP contribution in [0.3, 0.4) is 0 Å². The summed E-state index contributed by atoms with van der Waals surface area (Å²) in [5.74, 6) is -0.981. The van der Waals surface area contributed by atoms with Gasteiger partial charge in [-0.25, -0.2) is 9.78 Å². The molecular weight excluding hydrogens is 270 g/mol. The molecule has 1 heterocycles. The van der Waals surface area contributed by atoms with Crippen molar-refractivity contribution < 1.29 is 14.3 Å². The average Bonchev–Trinajstić information content (AvgIpc) is 3.00. The zero-order chi connectivity index (χ0) is 15.1. The van der Waals surface area contributed by atoms with Crippen molar-refractivity contribution in [2.24, 2.45) is 0 Å². The van der Waals surface area contributed by atoms with E-state index in [0.717, 1.165) is 0 Å². The van der Waals surface area contributed by atoms with Gasteiger partial charge in [0.15, 0.2) is 0 Å². The van der Waals surface area contributed by atoms with E-state index >= 15 is 0 Å². The first-order chi connectivity index (χ1) is 10.2. The summed E-state index contributed by atoms with van der Waals surface area (Å²) < 4.78 is 4.93. The standard InChI is InChI=1S/C15H15N3O3/c1-2-21-15(20)13(8-12-9-16-10-17-12)18-14(19)11-6-4-3-5-7-11/h3-10H,2H2,1H3,(H,16,17)(H,18,19)/b13-8+. The zero-order valence-corrected chi connectivity index (χ0v) is 11.5. The van der Waals surface area contributed by atoms with Gasteiger partial charge >= 0.3 is 5.97 Å². The van der Waals surface area contributed by atoms with Crippen LogP contribution in [0.5, 0.6) is 0 Å². The lowest BCUT2D eigenvalue weighted by Crippen LogP contribution is -2.28. The smallest absolute Gasteiger partial charge is 0.354 e. The Labute approximate surface area is 121 Å². The van der Waals surface area contributed by atoms with Crippen LogP contribution >= 0.6 is 0 Å². The molecule has 108 valence electrons. The van der Waals surface area contributed by atoms with Crippen molar-refractivity contribution in [1.29, 1.82) is 0 Å². The van der Waals surface area contributed by atoms with E-state index in [4.69, 9.17) is 4.74 Å². The van der Waals surface area contributed by atoms with E-state index in [2.05, 4.69) is 15.3 Å². The van der Waals surface area contributed by atoms with E-state index in [1.807, 2.05) is 6.07 Å². The molecule has 6 heteroatoms. The predicted octanol–water partition coefficient (Wildman–Crippen LogP) is 1.74. The first-order valence-electron chi connectivity index (χ1n) is 6.44. The van der Waals surface area contributed by atoms with Gasteiger partial charge in [-0.05, 0) is 25.1 Å². The number of aromatic nitrogens is 2. The Morgan fingerprint density at radius 1 is 1.33 bits per heavy atom. The molecule has 1 aromatic heterocycles. The second-order valence-electron chi connectivity index (χ2n) is 4.11. The minimum Gasteiger partial charge on any atom is -0.461 e. The molecule has 0 atom stereocenters. The number of carbonyl (C=O) groups is 2. The van der Waals surface area contributed by atoms with Crippen molar-refractivity contribution in [3.8, 4) is 0 Å². The number of aromatic amines is 1. The van der Waals surface area contributed by atoms with Crippen LogP contribution in [0, 0.1) is 0 Å². The molecular formula is C15H15N3O3. The van der Waals surface area contributed by atoms with Gasteiger partial charge in [0.25, 0.3) is 5.91 Å². The Hall–Kier alpha value is -2.89. The number of hydrogen-bond donors (Lipinski definition) is 2. The van der Waals surface area contributed by atoms with Crippen molar-refractivity contribution in [1.82, 2.24) is 15.3 Å². The van der Waals surface area contributed by atoms with Gasteiger partial charge in [-0.1, -0.05) is 18.2 Å². The van der Waals surface area contributed by atoms with Crippen LogP contribution in [-0.4, -0.2) is 28.5 Å². The molecule has 0 unspecified atom stereocenters. The summed E-state index contributed by atoms with van der Waals surface area (Å²) in [5.41, 5.74) is 1.10. The van der Waals surface area contributed by atoms with Crippen LogP contribution in [-0.2, 0) is 9.53 Å². The predicted molar refractivity (Wildman–Crippen MR) is 77.1 cm³/mol. The van der Waals surface area contributed by atoms with Gasteiger partial charge in [0, 0.05) is 5.56 Å². The van der Waals surface area contributed by atoms with Crippen LogP contribution in [0.2, 0.25) is 0 Å². The van der Waals surface area contributed by atoms with E-state index in [1.165, 1.54) is 18.6 Å². The topological polar surface area (TPSA) is 84.1 Å². The molecule has 0 saturated heterocycles. The fourth-order valence-corrected chi connectivity index (χ4v) is 1.64. The number of hydrogen-bond acceptors (Lipinski definition) is 4. The third-order valence-corrected chi connectivity index (χ3v) is 2.60. The summed E-state index contributed by atoms with van der Waals surface area (Å²) >= 11 is 0. The van der Waals surface area contributed by atoms with Crippen LogP contribution in [0.1, 0.15) is 23.0 Å². The second kappa shape index (κ2) is 7.04. The van der Waals surface area contributed by atoms with Gasteiger partial charge in [-0.2, -0.15) is 0 Å². The van der Waals surface area contributed by atoms with Gasteiger partial charge in [0.05, 0.1) is 24.8 Å². The van der Waals surface area contributed by atoms with Crippen molar-refractivity contribution in [2.75, 3.05) is 6.61 Å². The number of imidazole rings is 1. The molecule has 0 aliphatic heterocycles. The highest BCUT2D eigenvalue weighted by Crippen LogP contribution is 2.05. The number of rotatable bonds is 5. The summed E-state index contributed by atoms with van der Waals surface area (Å²) in [6.45, 7) is 1.92. The first kappa shape index (κ1) is 14.5. The molecule has 21 heavy (non-hydrogen) atoms. The maximum Gasteiger partial charge on any atom is 0.354 e. The lowest BCUT2D eigenvalue weighted by Gasteiger charge is -2.09. The number of H-pyrrole nitrogens is 1. The largest absolute Gasteiger partial charge is 0.461 e. The van der Waals surface area contributed by atoms with E-state index < -0.39 is 5.97 Å². The van der Waals surface area contributed by atoms with Crippen LogP contribution in [0.4, 0.5) is 0 Å². The number of nitrogens with one attached hydrogen (secondary N) is 2. The molecule has 0 radical (unpaired) electrons. The highest BCUT2D eigenvalue weighted by molar-refractivity contribution is 6.03. The number of benzene rings is 1. The molecule has 1 amide bonds. The van der Waals surface area contributed by atoms with Gasteiger partial charge in [-0.3, -0.25) is 4.79 Å². The summed E-state index contributed by atoms with van der Waals surface area (Å²) in [5, 5.41) is 2.56. The highest BCUT2D eigenvalue weighted by atomic mass is 16.5. The Balaban J connectivity index is 2.20. The Kier molecular flexibility index (Phi) is 4.87. The molecule has 2 N–H and O–H groups in total. The summed E-state index contributed by atoms with van der Waals surface area (Å²) in [6, 6.07) is 8.63. The van der Waals surface area contributed by atoms with Gasteiger partial charge in [0.1, 0.15) is 5.70 Å². The number of nitrogens with zero attached hydrogens (tertiary/aromatic N) is 1. The minimum absolute atomic E-state index is 0.0509. The van der Waals surface area contributed by atoms with Gasteiger partial charge in [-0.15, -0.1) is 0 Å². The minimum atomic E-state index is -0.601. The second-order valence-corrected chi connectivity index (χ2v) is 4.11. The quantitative estimate of drug-likeness (QED) is 0.647. The summed E-state index contributed by atoms with van der Waals surface area (Å²) in [7, 11) is 0. The Morgan fingerprint density at radius 3 is 2.71 bits per heavy atom. The molecule has 0 saturated carbocycles. The molecule has 6 nitrogen and oxygen atoms in total. The lowest BCUT2D eigenvalue weighted by molar-refractivity contribution is -0.138. The molecule has 1 aromatic carbocycles. The average molecular weight is 285 g/mol. The number of carbonyl (C=O) groups excluding carboxylic acids is 2. The van der Waals surface area contributed by atoms with Crippen molar-refractivity contribution in [3.63, 3.8) is 0 Å². The number of esters is 1. The maximum atomic E-state index is 12.1. The van der Waals surface area contributed by atoms with Crippen molar-refractivity contribution >= 4 is 18.0 Å². The lowest BCUT2D eigenvalue weighted by atomic mass is 10.2. The van der Waals surface area contributed by atoms with Crippen molar-refractivity contribution in [3.05, 3.63) is 59.8 Å². The molecule has 0 aliphatic rings. The third-order valence-electron chi connectivity index (χ3n) is 2.60. The van der Waals surface area contributed by atoms with Crippen LogP contribution < -0.4 is 5.32 Å². The van der Waals surface area contributed by atoms with Crippen LogP contribution in [0.15, 0.2) is 48.6 Å². The highest BCUT2D eigenvalue weighted by Gasteiger charge is 2.15. The normalized spacial score (nSPS) is 11.0. The molecule has 2 rings (SSSR count). The van der Waals surface area contributed by atoms with E-state index in [0.29, 0.717) is 11.3 Å². The molecule has 2 aromatic rings. The first-order valence-corrected chi connectivity index (χ1v) is 6.44. The Bertz CT molecular complexity index is 633. The molecule has 0 aliphatic carbocycles. The van der Waals surface area contributed by atoms with E-state index in [9.17, 15) is 9.59 Å². The van der Waals surface area contributed by atoms with Crippen molar-refractivity contribution in [2.45, 2.75) is 6.92 Å². The summed E-state index contributed by atoms with van der Waals surface area (Å²) in [4.78, 5) is 30.7. The van der Waals surface area contributed by atoms with Gasteiger partial charge < -0.3 is 15.0 Å². The fourth-order valence-electron chi connectivity index (χ4n) is 1.64. The van der Waals surface area contributed by atoms with E-state index in [-0.39, 0.29) is 18.2 Å². The zero-order valence-electron chi connectivity index (χ0n) is 11.5. The monoisotopic (exact) mass is 285 g/mol. The summed E-state index contributed by atoms with van der Waals surface area (Å²) in [6.07, 6.45) is 4.49. The molecule has 0 fully saturated rings. The number of ether oxygens (including phenoxy) is 1. The number of amides is 1. The maximum absolute atomic E-state index is 12.1. The third kappa shape index (κ3) is 4.04. The fraction of sp³-hybridized carbons (Fsp3) is 0.133.